The van der Waals surface area contributed by atoms with Crippen molar-refractivity contribution in [3.8, 4) is 0 Å². The zero-order chi connectivity index (χ0) is 30.5. The van der Waals surface area contributed by atoms with Gasteiger partial charge in [0, 0.05) is 54.9 Å². The first kappa shape index (κ1) is 29.1. The van der Waals surface area contributed by atoms with Gasteiger partial charge in [0.25, 0.3) is 5.56 Å². The molecule has 1 fully saturated rings. The van der Waals surface area contributed by atoms with Gasteiger partial charge in [0.2, 0.25) is 11.8 Å². The summed E-state index contributed by atoms with van der Waals surface area (Å²) < 4.78 is 14.1. The number of aromatic nitrogens is 3. The lowest BCUT2D eigenvalue weighted by Gasteiger charge is -2.36. The van der Waals surface area contributed by atoms with Crippen LogP contribution in [0.3, 0.4) is 0 Å². The summed E-state index contributed by atoms with van der Waals surface area (Å²) in [6.45, 7) is 10.6. The molecule has 0 radical (unpaired) electrons. The van der Waals surface area contributed by atoms with E-state index in [0.29, 0.717) is 56.4 Å². The number of likely N-dealkylation sites (tertiary alicyclic amines) is 1. The number of pyridine rings is 1. The van der Waals surface area contributed by atoms with E-state index in [9.17, 15) is 18.8 Å². The second-order valence-electron chi connectivity index (χ2n) is 13.6. The van der Waals surface area contributed by atoms with E-state index < -0.39 is 5.82 Å². The molecular weight excluding hydrogens is 545 g/mol. The Labute approximate surface area is 250 Å². The van der Waals surface area contributed by atoms with Gasteiger partial charge in [0.05, 0.1) is 17.2 Å². The third-order valence-corrected chi connectivity index (χ3v) is 9.14. The van der Waals surface area contributed by atoms with Crippen LogP contribution in [0.5, 0.6) is 0 Å². The highest BCUT2D eigenvalue weighted by Crippen LogP contribution is 2.33. The second kappa shape index (κ2) is 11.2. The molecule has 1 saturated heterocycles. The van der Waals surface area contributed by atoms with Gasteiger partial charge in [0.15, 0.2) is 0 Å². The highest BCUT2D eigenvalue weighted by Gasteiger charge is 2.34. The predicted octanol–water partition coefficient (Wildman–Crippen LogP) is 5.59. The van der Waals surface area contributed by atoms with Crippen LogP contribution in [0, 0.1) is 24.1 Å². The molecule has 43 heavy (non-hydrogen) atoms. The van der Waals surface area contributed by atoms with E-state index in [0.717, 1.165) is 28.5 Å². The normalized spacial score (nSPS) is 18.6. The number of carbonyl (C=O) groups excluding carboxylic acids is 2. The molecule has 9 heteroatoms. The molecule has 2 aliphatic heterocycles. The number of fused-ring (bicyclic) bond motifs is 4. The van der Waals surface area contributed by atoms with Crippen LogP contribution in [0.4, 0.5) is 4.39 Å². The van der Waals surface area contributed by atoms with E-state index in [-0.39, 0.29) is 46.6 Å². The van der Waals surface area contributed by atoms with Crippen molar-refractivity contribution >= 4 is 33.6 Å². The molecule has 226 valence electrons. The number of amides is 2. The molecule has 6 rings (SSSR count). The van der Waals surface area contributed by atoms with Crippen LogP contribution in [0.1, 0.15) is 74.6 Å². The minimum absolute atomic E-state index is 0.00901. The number of nitrogens with zero attached hydrogens (tertiary/aromatic N) is 3. The maximum Gasteiger partial charge on any atom is 0.251 e. The number of hydrogen-bond donors (Lipinski definition) is 2. The average molecular weight is 586 g/mol. The molecule has 0 saturated carbocycles. The number of benzene rings is 2. The molecule has 2 aliphatic rings. The molecule has 4 heterocycles. The minimum Gasteiger partial charge on any atom is -0.343 e. The zero-order valence-corrected chi connectivity index (χ0v) is 25.4. The molecular formula is C34H40FN5O3. The van der Waals surface area contributed by atoms with Crippen LogP contribution < -0.4 is 5.56 Å². The standard InChI is InChI=1S/C34H40FN5O3/c1-20-14-22-8-9-24(33(43)40(19-34(2,3)4)18-27(22)26-17-36-38-30(20)26)16-29(41)39-12-10-21(11-13-39)25-15-23-6-5-7-28(35)31(23)37-32(25)42/h5-7,14-15,17,21,24H,8-13,16,18-19H2,1-4H3,(H,36,38)(H,37,42)/t24-/m0/s1. The fourth-order valence-electron chi connectivity index (χ4n) is 6.99. The summed E-state index contributed by atoms with van der Waals surface area (Å²) in [5.41, 5.74) is 4.99. The Morgan fingerprint density at radius 1 is 1.09 bits per heavy atom. The quantitative estimate of drug-likeness (QED) is 0.326. The van der Waals surface area contributed by atoms with Gasteiger partial charge in [0.1, 0.15) is 5.82 Å². The molecule has 2 aromatic carbocycles. The van der Waals surface area contributed by atoms with E-state index >= 15 is 0 Å². The minimum atomic E-state index is -0.445. The van der Waals surface area contributed by atoms with E-state index in [2.05, 4.69) is 48.9 Å². The average Bonchev–Trinajstić information content (AvgIpc) is 3.46. The van der Waals surface area contributed by atoms with Crippen molar-refractivity contribution in [2.24, 2.45) is 11.3 Å². The lowest BCUT2D eigenvalue weighted by molar-refractivity contribution is -0.143. The molecule has 2 N–H and O–H groups in total. The van der Waals surface area contributed by atoms with Gasteiger partial charge >= 0.3 is 0 Å². The Bertz CT molecular complexity index is 1760. The maximum absolute atomic E-state index is 14.1. The summed E-state index contributed by atoms with van der Waals surface area (Å²) in [5.74, 6) is -0.815. The number of halogens is 1. The van der Waals surface area contributed by atoms with Gasteiger partial charge < -0.3 is 14.8 Å². The number of carbonyl (C=O) groups is 2. The van der Waals surface area contributed by atoms with Crippen molar-refractivity contribution in [3.63, 3.8) is 0 Å². The third kappa shape index (κ3) is 5.82. The van der Waals surface area contributed by atoms with Crippen LogP contribution in [-0.4, -0.2) is 56.4 Å². The lowest BCUT2D eigenvalue weighted by atomic mass is 9.86. The van der Waals surface area contributed by atoms with Crippen molar-refractivity contribution in [3.05, 3.63) is 75.0 Å². The van der Waals surface area contributed by atoms with Gasteiger partial charge in [-0.25, -0.2) is 4.39 Å². The van der Waals surface area contributed by atoms with Crippen LogP contribution >= 0.6 is 0 Å². The predicted molar refractivity (Wildman–Crippen MR) is 165 cm³/mol. The fraction of sp³-hybridized carbons (Fsp3) is 0.471. The first-order valence-electron chi connectivity index (χ1n) is 15.3. The van der Waals surface area contributed by atoms with E-state index in [1.54, 1.807) is 18.2 Å². The molecule has 4 aromatic rings. The summed E-state index contributed by atoms with van der Waals surface area (Å²) in [6.07, 6.45) is 4.69. The zero-order valence-electron chi connectivity index (χ0n) is 25.4. The number of rotatable bonds is 4. The summed E-state index contributed by atoms with van der Waals surface area (Å²) >= 11 is 0. The SMILES string of the molecule is Cc1cc2c(c3cn[nH]c13)CN(CC(C)(C)C)C(=O)[C@H](CC(=O)N1CCC(c3cc4cccc(F)c4[nH]c3=O)CC1)CC2. The van der Waals surface area contributed by atoms with Crippen molar-refractivity contribution in [2.75, 3.05) is 19.6 Å². The molecule has 8 nitrogen and oxygen atoms in total. The van der Waals surface area contributed by atoms with Crippen molar-refractivity contribution in [2.45, 2.75) is 72.3 Å². The van der Waals surface area contributed by atoms with Crippen LogP contribution in [0.2, 0.25) is 0 Å². The van der Waals surface area contributed by atoms with Gasteiger partial charge in [-0.2, -0.15) is 5.10 Å². The molecule has 0 bridgehead atoms. The number of aryl methyl sites for hydroxylation is 2. The highest BCUT2D eigenvalue weighted by atomic mass is 19.1. The van der Waals surface area contributed by atoms with E-state index in [1.807, 2.05) is 16.0 Å². The topological polar surface area (TPSA) is 102 Å². The molecule has 2 amide bonds. The second-order valence-corrected chi connectivity index (χ2v) is 13.6. The van der Waals surface area contributed by atoms with Gasteiger partial charge in [-0.05, 0) is 72.8 Å². The fourth-order valence-corrected chi connectivity index (χ4v) is 6.99. The van der Waals surface area contributed by atoms with Crippen molar-refractivity contribution in [1.29, 1.82) is 0 Å². The first-order chi connectivity index (χ1) is 20.5. The van der Waals surface area contributed by atoms with Crippen molar-refractivity contribution < 1.29 is 14.0 Å². The smallest absolute Gasteiger partial charge is 0.251 e. The molecule has 0 unspecified atom stereocenters. The Kier molecular flexibility index (Phi) is 7.60. The van der Waals surface area contributed by atoms with Gasteiger partial charge in [-0.1, -0.05) is 39.0 Å². The van der Waals surface area contributed by atoms with Gasteiger partial charge in [-0.3, -0.25) is 19.5 Å². The number of para-hydroxylation sites is 1. The summed E-state index contributed by atoms with van der Waals surface area (Å²) in [6, 6.07) is 8.75. The third-order valence-electron chi connectivity index (χ3n) is 9.14. The van der Waals surface area contributed by atoms with Crippen LogP contribution in [0.25, 0.3) is 21.8 Å². The number of nitrogens with one attached hydrogen (secondary N) is 2. The molecule has 0 spiro atoms. The Balaban J connectivity index is 1.18. The van der Waals surface area contributed by atoms with Crippen molar-refractivity contribution in [1.82, 2.24) is 25.0 Å². The Morgan fingerprint density at radius 2 is 1.86 bits per heavy atom. The maximum atomic E-state index is 14.1. The molecule has 0 aliphatic carbocycles. The van der Waals surface area contributed by atoms with E-state index in [4.69, 9.17) is 0 Å². The summed E-state index contributed by atoms with van der Waals surface area (Å²) in [4.78, 5) is 46.9. The monoisotopic (exact) mass is 585 g/mol. The summed E-state index contributed by atoms with van der Waals surface area (Å²) in [7, 11) is 0. The van der Waals surface area contributed by atoms with Crippen LogP contribution in [0.15, 0.2) is 41.3 Å². The Morgan fingerprint density at radius 3 is 2.60 bits per heavy atom. The summed E-state index contributed by atoms with van der Waals surface area (Å²) in [5, 5.41) is 9.12. The molecule has 1 atom stereocenters. The molecule has 2 aromatic heterocycles. The van der Waals surface area contributed by atoms with E-state index in [1.165, 1.54) is 11.6 Å². The Hall–Kier alpha value is -4.01. The first-order valence-corrected chi connectivity index (χ1v) is 15.3. The lowest BCUT2D eigenvalue weighted by Crippen LogP contribution is -2.45. The largest absolute Gasteiger partial charge is 0.343 e. The number of aromatic amines is 2. The van der Waals surface area contributed by atoms with Gasteiger partial charge in [-0.15, -0.1) is 0 Å². The highest BCUT2D eigenvalue weighted by molar-refractivity contribution is 5.89. The number of H-pyrrole nitrogens is 2. The number of piperidine rings is 1. The van der Waals surface area contributed by atoms with Crippen LogP contribution in [-0.2, 0) is 22.6 Å². The number of hydrogen-bond acceptors (Lipinski definition) is 4.